The van der Waals surface area contributed by atoms with Gasteiger partial charge in [-0.2, -0.15) is 11.8 Å². The summed E-state index contributed by atoms with van der Waals surface area (Å²) in [6, 6.07) is 3.03. The summed E-state index contributed by atoms with van der Waals surface area (Å²) >= 11 is 1.73. The standard InChI is InChI=1S/C24H32FN3O4S/c1-24(2,3)32-23(30)26-15-6-8-17(9-7-15)33-13-20-27-19-11-16(31-12-14-4-5-14)10-18(25)21(19)22(29)28-20/h10-11,14-15,17H,4-9,12-13H2,1-3H3,(H,26,30)(H,27,28,29). The van der Waals surface area contributed by atoms with Crippen molar-refractivity contribution in [3.8, 4) is 5.75 Å². The van der Waals surface area contributed by atoms with Gasteiger partial charge in [0.2, 0.25) is 0 Å². The molecule has 0 unspecified atom stereocenters. The Hall–Kier alpha value is -2.29. The van der Waals surface area contributed by atoms with Gasteiger partial charge in [-0.1, -0.05) is 0 Å². The van der Waals surface area contributed by atoms with Gasteiger partial charge in [0.1, 0.15) is 28.4 Å². The van der Waals surface area contributed by atoms with Crippen molar-refractivity contribution in [3.05, 3.63) is 34.1 Å². The summed E-state index contributed by atoms with van der Waals surface area (Å²) < 4.78 is 25.5. The molecule has 9 heteroatoms. The molecule has 1 aromatic carbocycles. The molecule has 2 N–H and O–H groups in total. The predicted octanol–water partition coefficient (Wildman–Crippen LogP) is 4.92. The van der Waals surface area contributed by atoms with Crippen molar-refractivity contribution < 1.29 is 18.7 Å². The Morgan fingerprint density at radius 1 is 1.21 bits per heavy atom. The van der Waals surface area contributed by atoms with Gasteiger partial charge < -0.3 is 19.8 Å². The highest BCUT2D eigenvalue weighted by molar-refractivity contribution is 7.99. The zero-order chi connectivity index (χ0) is 23.6. The van der Waals surface area contributed by atoms with Gasteiger partial charge in [-0.05, 0) is 65.2 Å². The molecular formula is C24H32FN3O4S. The third-order valence-electron chi connectivity index (χ3n) is 5.82. The monoisotopic (exact) mass is 477 g/mol. The molecule has 0 atom stereocenters. The number of thioether (sulfide) groups is 1. The van der Waals surface area contributed by atoms with E-state index in [-0.39, 0.29) is 17.5 Å². The molecule has 33 heavy (non-hydrogen) atoms. The molecule has 1 amide bonds. The number of fused-ring (bicyclic) bond motifs is 1. The summed E-state index contributed by atoms with van der Waals surface area (Å²) in [6.45, 7) is 6.12. The number of carbonyl (C=O) groups excluding carboxylic acids is 1. The van der Waals surface area contributed by atoms with Gasteiger partial charge >= 0.3 is 6.09 Å². The second-order valence-electron chi connectivity index (χ2n) is 10.00. The Labute approximate surface area is 197 Å². The van der Waals surface area contributed by atoms with E-state index >= 15 is 0 Å². The van der Waals surface area contributed by atoms with Crippen molar-refractivity contribution in [2.24, 2.45) is 5.92 Å². The van der Waals surface area contributed by atoms with Crippen molar-refractivity contribution >= 4 is 28.8 Å². The van der Waals surface area contributed by atoms with Gasteiger partial charge in [0.05, 0.1) is 17.9 Å². The fourth-order valence-corrected chi connectivity index (χ4v) is 5.08. The third-order valence-corrected chi connectivity index (χ3v) is 7.20. The van der Waals surface area contributed by atoms with E-state index in [0.717, 1.165) is 38.5 Å². The van der Waals surface area contributed by atoms with Crippen LogP contribution in [-0.4, -0.2) is 39.6 Å². The first kappa shape index (κ1) is 23.9. The van der Waals surface area contributed by atoms with Crippen molar-refractivity contribution in [2.75, 3.05) is 6.61 Å². The SMILES string of the molecule is CC(C)(C)OC(=O)NC1CCC(SCc2nc3cc(OCC4CC4)cc(F)c3c(=O)[nH]2)CC1. The molecule has 0 spiro atoms. The lowest BCUT2D eigenvalue weighted by Gasteiger charge is -2.29. The first-order chi connectivity index (χ1) is 15.7. The maximum absolute atomic E-state index is 14.5. The van der Waals surface area contributed by atoms with E-state index in [0.29, 0.717) is 40.6 Å². The minimum absolute atomic E-state index is 0.0313. The van der Waals surface area contributed by atoms with E-state index < -0.39 is 17.0 Å². The molecule has 2 saturated carbocycles. The first-order valence-corrected chi connectivity index (χ1v) is 12.7. The third kappa shape index (κ3) is 6.85. The topological polar surface area (TPSA) is 93.3 Å². The molecule has 0 radical (unpaired) electrons. The number of carbonyl (C=O) groups is 1. The number of nitrogens with zero attached hydrogens (tertiary/aromatic N) is 1. The number of aromatic amines is 1. The van der Waals surface area contributed by atoms with Crippen LogP contribution in [0.15, 0.2) is 16.9 Å². The summed E-state index contributed by atoms with van der Waals surface area (Å²) in [5.74, 6) is 1.43. The molecular weight excluding hydrogens is 445 g/mol. The van der Waals surface area contributed by atoms with Crippen LogP contribution < -0.4 is 15.6 Å². The second kappa shape index (κ2) is 9.91. The highest BCUT2D eigenvalue weighted by Gasteiger charge is 2.25. The molecule has 2 fully saturated rings. The number of aromatic nitrogens is 2. The summed E-state index contributed by atoms with van der Waals surface area (Å²) in [5, 5.41) is 3.33. The highest BCUT2D eigenvalue weighted by Crippen LogP contribution is 2.32. The summed E-state index contributed by atoms with van der Waals surface area (Å²) in [5.41, 5.74) is -0.647. The summed E-state index contributed by atoms with van der Waals surface area (Å²) in [6.07, 6.45) is 5.59. The average molecular weight is 478 g/mol. The van der Waals surface area contributed by atoms with Crippen LogP contribution in [0.25, 0.3) is 10.9 Å². The number of H-pyrrole nitrogens is 1. The number of halogens is 1. The Morgan fingerprint density at radius 2 is 1.94 bits per heavy atom. The number of hydrogen-bond acceptors (Lipinski definition) is 6. The van der Waals surface area contributed by atoms with Crippen LogP contribution in [0.5, 0.6) is 5.75 Å². The molecule has 180 valence electrons. The van der Waals surface area contributed by atoms with E-state index in [2.05, 4.69) is 15.3 Å². The van der Waals surface area contributed by atoms with E-state index in [1.807, 2.05) is 20.8 Å². The van der Waals surface area contributed by atoms with E-state index in [4.69, 9.17) is 9.47 Å². The van der Waals surface area contributed by atoms with Gasteiger partial charge in [0.25, 0.3) is 5.56 Å². The minimum Gasteiger partial charge on any atom is -0.493 e. The van der Waals surface area contributed by atoms with Crippen molar-refractivity contribution in [2.45, 2.75) is 81.9 Å². The fourth-order valence-electron chi connectivity index (χ4n) is 3.94. The minimum atomic E-state index is -0.609. The summed E-state index contributed by atoms with van der Waals surface area (Å²) in [4.78, 5) is 31.7. The lowest BCUT2D eigenvalue weighted by Crippen LogP contribution is -2.41. The van der Waals surface area contributed by atoms with E-state index in [9.17, 15) is 14.0 Å². The maximum atomic E-state index is 14.5. The number of benzene rings is 1. The number of alkyl carbamates (subject to hydrolysis) is 1. The molecule has 7 nitrogen and oxygen atoms in total. The van der Waals surface area contributed by atoms with Crippen LogP contribution in [0.1, 0.15) is 65.1 Å². The number of ether oxygens (including phenoxy) is 2. The van der Waals surface area contributed by atoms with Crippen LogP contribution in [0.4, 0.5) is 9.18 Å². The smallest absolute Gasteiger partial charge is 0.407 e. The molecule has 2 aliphatic carbocycles. The lowest BCUT2D eigenvalue weighted by molar-refractivity contribution is 0.0493. The van der Waals surface area contributed by atoms with Gasteiger partial charge in [-0.3, -0.25) is 4.79 Å². The predicted molar refractivity (Wildman–Crippen MR) is 127 cm³/mol. The summed E-state index contributed by atoms with van der Waals surface area (Å²) in [7, 11) is 0. The largest absolute Gasteiger partial charge is 0.493 e. The second-order valence-corrected chi connectivity index (χ2v) is 11.3. The van der Waals surface area contributed by atoms with Gasteiger partial charge in [0, 0.05) is 23.4 Å². The molecule has 0 saturated heterocycles. The Balaban J connectivity index is 1.32. The molecule has 2 aromatic rings. The van der Waals surface area contributed by atoms with Gasteiger partial charge in [0.15, 0.2) is 0 Å². The van der Waals surface area contributed by atoms with Crippen LogP contribution in [-0.2, 0) is 10.5 Å². The first-order valence-electron chi connectivity index (χ1n) is 11.6. The Kier molecular flexibility index (Phi) is 7.16. The fraction of sp³-hybridized carbons (Fsp3) is 0.625. The van der Waals surface area contributed by atoms with Crippen LogP contribution in [0.3, 0.4) is 0 Å². The molecule has 1 heterocycles. The van der Waals surface area contributed by atoms with E-state index in [1.165, 1.54) is 6.07 Å². The molecule has 1 aromatic heterocycles. The molecule has 0 aliphatic heterocycles. The zero-order valence-electron chi connectivity index (χ0n) is 19.4. The van der Waals surface area contributed by atoms with Gasteiger partial charge in [-0.25, -0.2) is 14.2 Å². The quantitative estimate of drug-likeness (QED) is 0.588. The van der Waals surface area contributed by atoms with E-state index in [1.54, 1.807) is 17.8 Å². The number of rotatable bonds is 7. The normalized spacial score (nSPS) is 21.1. The molecule has 2 aliphatic rings. The highest BCUT2D eigenvalue weighted by atomic mass is 32.2. The Bertz CT molecular complexity index is 1060. The number of nitrogens with one attached hydrogen (secondary N) is 2. The van der Waals surface area contributed by atoms with Crippen molar-refractivity contribution in [1.82, 2.24) is 15.3 Å². The Morgan fingerprint density at radius 3 is 2.61 bits per heavy atom. The maximum Gasteiger partial charge on any atom is 0.407 e. The number of amides is 1. The lowest BCUT2D eigenvalue weighted by atomic mass is 9.95. The van der Waals surface area contributed by atoms with Crippen molar-refractivity contribution in [1.29, 1.82) is 0 Å². The van der Waals surface area contributed by atoms with Crippen LogP contribution >= 0.6 is 11.8 Å². The average Bonchev–Trinajstić information content (AvgIpc) is 3.54. The number of hydrogen-bond donors (Lipinski definition) is 2. The van der Waals surface area contributed by atoms with Crippen LogP contribution in [0.2, 0.25) is 0 Å². The van der Waals surface area contributed by atoms with Crippen molar-refractivity contribution in [3.63, 3.8) is 0 Å². The molecule has 0 bridgehead atoms. The zero-order valence-corrected chi connectivity index (χ0v) is 20.2. The van der Waals surface area contributed by atoms with Crippen LogP contribution in [0, 0.1) is 11.7 Å². The van der Waals surface area contributed by atoms with Gasteiger partial charge in [-0.15, -0.1) is 0 Å². The molecule has 4 rings (SSSR count).